The van der Waals surface area contributed by atoms with Crippen LogP contribution in [-0.4, -0.2) is 11.3 Å². The second kappa shape index (κ2) is 5.75. The van der Waals surface area contributed by atoms with Gasteiger partial charge in [-0.05, 0) is 36.2 Å². The number of carbonyl (C=O) groups excluding carboxylic acids is 1. The second-order valence-corrected chi connectivity index (χ2v) is 4.79. The molecule has 104 valence electrons. The average Bonchev–Trinajstić information content (AvgIpc) is 2.55. The van der Waals surface area contributed by atoms with Crippen LogP contribution in [0.2, 0.25) is 0 Å². The molecule has 3 heteroatoms. The average molecular weight is 277 g/mol. The number of benzene rings is 2. The van der Waals surface area contributed by atoms with E-state index in [2.05, 4.69) is 11.9 Å². The fraction of sp³-hybridized carbons (Fsp3) is 0.111. The zero-order valence-corrected chi connectivity index (χ0v) is 11.7. The maximum atomic E-state index is 11.2. The smallest absolute Gasteiger partial charge is 0.230 e. The molecule has 0 aliphatic heterocycles. The first kappa shape index (κ1) is 13.3. The molecule has 0 atom stereocenters. The molecule has 3 nitrogen and oxygen atoms in total. The van der Waals surface area contributed by atoms with Crippen molar-refractivity contribution < 1.29 is 9.53 Å². The van der Waals surface area contributed by atoms with Gasteiger partial charge in [0.05, 0.1) is 11.1 Å². The van der Waals surface area contributed by atoms with Gasteiger partial charge in [0, 0.05) is 5.39 Å². The molecular formula is C18H15NO2. The lowest BCUT2D eigenvalue weighted by atomic mass is 10.1. The molecule has 3 aromatic rings. The number of aldehydes is 1. The van der Waals surface area contributed by atoms with Gasteiger partial charge in [0.2, 0.25) is 5.88 Å². The van der Waals surface area contributed by atoms with Crippen LogP contribution in [0.25, 0.3) is 10.9 Å². The molecule has 0 saturated heterocycles. The lowest BCUT2D eigenvalue weighted by Crippen LogP contribution is -1.95. The molecule has 0 saturated carbocycles. The number of aromatic nitrogens is 1. The van der Waals surface area contributed by atoms with Crippen molar-refractivity contribution in [1.82, 2.24) is 4.98 Å². The summed E-state index contributed by atoms with van der Waals surface area (Å²) in [7, 11) is 0. The Balaban J connectivity index is 1.99. The molecule has 0 fully saturated rings. The van der Waals surface area contributed by atoms with Gasteiger partial charge in [-0.1, -0.05) is 37.3 Å². The van der Waals surface area contributed by atoms with Crippen LogP contribution in [0, 0.1) is 0 Å². The Kier molecular flexibility index (Phi) is 3.65. The first-order chi connectivity index (χ1) is 10.3. The number of hydrogen-bond donors (Lipinski definition) is 0. The molecule has 1 heterocycles. The van der Waals surface area contributed by atoms with Gasteiger partial charge in [0.25, 0.3) is 0 Å². The Morgan fingerprint density at radius 1 is 1.10 bits per heavy atom. The third kappa shape index (κ3) is 2.77. The third-order valence-corrected chi connectivity index (χ3v) is 3.39. The molecule has 3 rings (SSSR count). The van der Waals surface area contributed by atoms with Crippen LogP contribution in [0.4, 0.5) is 0 Å². The van der Waals surface area contributed by atoms with Crippen LogP contribution in [0.15, 0.2) is 54.6 Å². The van der Waals surface area contributed by atoms with E-state index in [4.69, 9.17) is 4.74 Å². The van der Waals surface area contributed by atoms with Crippen molar-refractivity contribution in [3.63, 3.8) is 0 Å². The summed E-state index contributed by atoms with van der Waals surface area (Å²) in [4.78, 5) is 15.7. The van der Waals surface area contributed by atoms with E-state index >= 15 is 0 Å². The fourth-order valence-electron chi connectivity index (χ4n) is 2.19. The van der Waals surface area contributed by atoms with Gasteiger partial charge >= 0.3 is 0 Å². The van der Waals surface area contributed by atoms with Crippen molar-refractivity contribution in [2.45, 2.75) is 13.3 Å². The number of pyridine rings is 1. The quantitative estimate of drug-likeness (QED) is 0.663. The van der Waals surface area contributed by atoms with Crippen molar-refractivity contribution in [2.75, 3.05) is 0 Å². The topological polar surface area (TPSA) is 39.2 Å². The minimum atomic E-state index is 0.341. The number of rotatable bonds is 4. The van der Waals surface area contributed by atoms with Gasteiger partial charge in [-0.2, -0.15) is 0 Å². The van der Waals surface area contributed by atoms with Crippen LogP contribution >= 0.6 is 0 Å². The highest BCUT2D eigenvalue weighted by atomic mass is 16.5. The van der Waals surface area contributed by atoms with Gasteiger partial charge in [0.15, 0.2) is 6.29 Å². The number of carbonyl (C=O) groups is 1. The number of ether oxygens (including phenoxy) is 1. The van der Waals surface area contributed by atoms with E-state index in [1.807, 2.05) is 48.5 Å². The van der Waals surface area contributed by atoms with Crippen molar-refractivity contribution in [2.24, 2.45) is 0 Å². The standard InChI is InChI=1S/C18H15NO2/c1-2-13-7-9-16(10-8-13)21-18-15(12-20)11-14-5-3-4-6-17(14)19-18/h3-12H,2H2,1H3. The number of fused-ring (bicyclic) bond motifs is 1. The van der Waals surface area contributed by atoms with E-state index in [1.54, 1.807) is 6.07 Å². The van der Waals surface area contributed by atoms with Crippen LogP contribution in [-0.2, 0) is 6.42 Å². The Hall–Kier alpha value is -2.68. The molecule has 0 N–H and O–H groups in total. The summed E-state index contributed by atoms with van der Waals surface area (Å²) in [5.74, 6) is 1.02. The maximum absolute atomic E-state index is 11.2. The SMILES string of the molecule is CCc1ccc(Oc2nc3ccccc3cc2C=O)cc1. The van der Waals surface area contributed by atoms with Gasteiger partial charge in [-0.3, -0.25) is 4.79 Å². The Labute approximate surface area is 123 Å². The molecular weight excluding hydrogens is 262 g/mol. The number of hydrogen-bond acceptors (Lipinski definition) is 3. The van der Waals surface area contributed by atoms with Crippen LogP contribution in [0.5, 0.6) is 11.6 Å². The zero-order chi connectivity index (χ0) is 14.7. The van der Waals surface area contributed by atoms with Crippen molar-refractivity contribution in [3.05, 3.63) is 65.7 Å². The van der Waals surface area contributed by atoms with E-state index in [9.17, 15) is 4.79 Å². The van der Waals surface area contributed by atoms with Gasteiger partial charge in [0.1, 0.15) is 5.75 Å². The third-order valence-electron chi connectivity index (χ3n) is 3.39. The van der Waals surface area contributed by atoms with E-state index < -0.39 is 0 Å². The highest BCUT2D eigenvalue weighted by Crippen LogP contribution is 2.26. The molecule has 2 aromatic carbocycles. The molecule has 0 amide bonds. The summed E-state index contributed by atoms with van der Waals surface area (Å²) in [6.45, 7) is 2.10. The van der Waals surface area contributed by atoms with Gasteiger partial charge < -0.3 is 4.74 Å². The number of aryl methyl sites for hydroxylation is 1. The monoisotopic (exact) mass is 277 g/mol. The molecule has 21 heavy (non-hydrogen) atoms. The Morgan fingerprint density at radius 3 is 2.57 bits per heavy atom. The predicted octanol–water partition coefficient (Wildman–Crippen LogP) is 4.40. The summed E-state index contributed by atoms with van der Waals surface area (Å²) in [5, 5.41) is 0.924. The van der Waals surface area contributed by atoms with Crippen molar-refractivity contribution in [1.29, 1.82) is 0 Å². The van der Waals surface area contributed by atoms with Crippen molar-refractivity contribution in [3.8, 4) is 11.6 Å². The van der Waals surface area contributed by atoms with Crippen LogP contribution in [0.3, 0.4) is 0 Å². The summed E-state index contributed by atoms with van der Waals surface area (Å²) in [6.07, 6.45) is 1.75. The van der Waals surface area contributed by atoms with E-state index in [1.165, 1.54) is 5.56 Å². The molecule has 0 aliphatic carbocycles. The normalized spacial score (nSPS) is 10.5. The second-order valence-electron chi connectivity index (χ2n) is 4.79. The first-order valence-corrected chi connectivity index (χ1v) is 6.92. The van der Waals surface area contributed by atoms with E-state index in [0.29, 0.717) is 17.2 Å². The lowest BCUT2D eigenvalue weighted by Gasteiger charge is -2.09. The summed E-state index contributed by atoms with van der Waals surface area (Å²) < 4.78 is 5.77. The molecule has 0 bridgehead atoms. The van der Waals surface area contributed by atoms with Gasteiger partial charge in [-0.15, -0.1) is 0 Å². The molecule has 1 aromatic heterocycles. The number of para-hydroxylation sites is 1. The summed E-state index contributed by atoms with van der Waals surface area (Å²) in [6, 6.07) is 17.3. The summed E-state index contributed by atoms with van der Waals surface area (Å²) in [5.41, 5.74) is 2.50. The zero-order valence-electron chi connectivity index (χ0n) is 11.7. The molecule has 0 aliphatic rings. The predicted molar refractivity (Wildman–Crippen MR) is 83.0 cm³/mol. The molecule has 0 spiro atoms. The summed E-state index contributed by atoms with van der Waals surface area (Å²) >= 11 is 0. The van der Waals surface area contributed by atoms with E-state index in [0.717, 1.165) is 23.6 Å². The molecule has 0 unspecified atom stereocenters. The first-order valence-electron chi connectivity index (χ1n) is 6.92. The highest BCUT2D eigenvalue weighted by molar-refractivity contribution is 5.88. The van der Waals surface area contributed by atoms with Crippen molar-refractivity contribution >= 4 is 17.2 Å². The maximum Gasteiger partial charge on any atom is 0.230 e. The largest absolute Gasteiger partial charge is 0.438 e. The Bertz CT molecular complexity index is 779. The minimum Gasteiger partial charge on any atom is -0.438 e. The van der Waals surface area contributed by atoms with Crippen LogP contribution in [0.1, 0.15) is 22.8 Å². The number of nitrogens with zero attached hydrogens (tertiary/aromatic N) is 1. The highest BCUT2D eigenvalue weighted by Gasteiger charge is 2.08. The van der Waals surface area contributed by atoms with E-state index in [-0.39, 0.29) is 0 Å². The lowest BCUT2D eigenvalue weighted by molar-refractivity contribution is 0.112. The van der Waals surface area contributed by atoms with Gasteiger partial charge in [-0.25, -0.2) is 4.98 Å². The fourth-order valence-corrected chi connectivity index (χ4v) is 2.19. The van der Waals surface area contributed by atoms with Crippen LogP contribution < -0.4 is 4.74 Å². The Morgan fingerprint density at radius 2 is 1.86 bits per heavy atom. The minimum absolute atomic E-state index is 0.341. The molecule has 0 radical (unpaired) electrons.